The van der Waals surface area contributed by atoms with Gasteiger partial charge in [0.05, 0.1) is 5.60 Å². The summed E-state index contributed by atoms with van der Waals surface area (Å²) in [4.78, 5) is 2.60. The van der Waals surface area contributed by atoms with Gasteiger partial charge >= 0.3 is 0 Å². The van der Waals surface area contributed by atoms with E-state index in [0.717, 1.165) is 11.7 Å². The number of rotatable bonds is 7. The molecule has 1 rings (SSSR count). The molecule has 0 aromatic rings. The predicted octanol–water partition coefficient (Wildman–Crippen LogP) is 2.22. The summed E-state index contributed by atoms with van der Waals surface area (Å²) in [5.74, 6) is 0. The molecule has 0 bridgehead atoms. The molecule has 1 fully saturated rings. The summed E-state index contributed by atoms with van der Waals surface area (Å²) in [6.07, 6.45) is 6.08. The van der Waals surface area contributed by atoms with Crippen molar-refractivity contribution in [2.75, 3.05) is 40.0 Å². The molecule has 0 aromatic heterocycles. The van der Waals surface area contributed by atoms with Gasteiger partial charge in [0.2, 0.25) is 0 Å². The normalized spacial score (nSPS) is 21.2. The standard InChI is InChI=1S/C14H30N2OS/c1-14(2,17-4)13(15-3)8-11-16-9-6-12(18-5)7-10-16/h12-13,15H,6-11H2,1-5H3. The third-order valence-electron chi connectivity index (χ3n) is 4.32. The van der Waals surface area contributed by atoms with E-state index in [1.54, 1.807) is 7.11 Å². The Bertz CT molecular complexity index is 228. The highest BCUT2D eigenvalue weighted by Gasteiger charge is 2.28. The molecule has 0 spiro atoms. The number of thioether (sulfide) groups is 1. The maximum absolute atomic E-state index is 5.58. The summed E-state index contributed by atoms with van der Waals surface area (Å²) < 4.78 is 5.58. The molecule has 1 heterocycles. The van der Waals surface area contributed by atoms with Crippen LogP contribution in [0.1, 0.15) is 33.1 Å². The predicted molar refractivity (Wildman–Crippen MR) is 81.5 cm³/mol. The summed E-state index contributed by atoms with van der Waals surface area (Å²) in [5.41, 5.74) is -0.0909. The van der Waals surface area contributed by atoms with Crippen molar-refractivity contribution in [1.82, 2.24) is 10.2 Å². The lowest BCUT2D eigenvalue weighted by molar-refractivity contribution is -0.0131. The van der Waals surface area contributed by atoms with Crippen LogP contribution < -0.4 is 5.32 Å². The van der Waals surface area contributed by atoms with Gasteiger partial charge in [-0.25, -0.2) is 0 Å². The maximum Gasteiger partial charge on any atom is 0.0775 e. The van der Waals surface area contributed by atoms with Crippen molar-refractivity contribution >= 4 is 11.8 Å². The molecule has 1 saturated heterocycles. The molecule has 108 valence electrons. The molecule has 3 nitrogen and oxygen atoms in total. The van der Waals surface area contributed by atoms with Crippen molar-refractivity contribution in [3.8, 4) is 0 Å². The van der Waals surface area contributed by atoms with Crippen molar-refractivity contribution in [3.05, 3.63) is 0 Å². The fraction of sp³-hybridized carbons (Fsp3) is 1.00. The van der Waals surface area contributed by atoms with Crippen molar-refractivity contribution < 1.29 is 4.74 Å². The molecule has 1 unspecified atom stereocenters. The largest absolute Gasteiger partial charge is 0.377 e. The van der Waals surface area contributed by atoms with Gasteiger partial charge in [0.25, 0.3) is 0 Å². The summed E-state index contributed by atoms with van der Waals surface area (Å²) in [5, 5.41) is 4.28. The average Bonchev–Trinajstić information content (AvgIpc) is 2.40. The Balaban J connectivity index is 2.31. The first-order chi connectivity index (χ1) is 8.53. The summed E-state index contributed by atoms with van der Waals surface area (Å²) in [6.45, 7) is 8.02. The first-order valence-electron chi connectivity index (χ1n) is 7.01. The Kier molecular flexibility index (Phi) is 6.99. The van der Waals surface area contributed by atoms with E-state index in [4.69, 9.17) is 4.74 Å². The number of ether oxygens (including phenoxy) is 1. The zero-order valence-corrected chi connectivity index (χ0v) is 13.5. The molecule has 0 aromatic carbocycles. The zero-order chi connectivity index (χ0) is 13.6. The summed E-state index contributed by atoms with van der Waals surface area (Å²) in [6, 6.07) is 0.417. The van der Waals surface area contributed by atoms with Crippen LogP contribution in [0.2, 0.25) is 0 Å². The number of nitrogens with zero attached hydrogens (tertiary/aromatic N) is 1. The quantitative estimate of drug-likeness (QED) is 0.769. The molecule has 0 amide bonds. The van der Waals surface area contributed by atoms with Gasteiger partial charge < -0.3 is 15.0 Å². The Morgan fingerprint density at radius 1 is 1.39 bits per heavy atom. The molecular weight excluding hydrogens is 244 g/mol. The Morgan fingerprint density at radius 3 is 2.44 bits per heavy atom. The second-order valence-corrected chi connectivity index (χ2v) is 6.85. The minimum atomic E-state index is -0.0909. The third-order valence-corrected chi connectivity index (χ3v) is 5.45. The van der Waals surface area contributed by atoms with Crippen LogP contribution in [0.4, 0.5) is 0 Å². The second kappa shape index (κ2) is 7.73. The van der Waals surface area contributed by atoms with E-state index in [2.05, 4.69) is 30.3 Å². The number of piperidine rings is 1. The van der Waals surface area contributed by atoms with E-state index in [1.807, 2.05) is 18.8 Å². The second-order valence-electron chi connectivity index (χ2n) is 5.71. The van der Waals surface area contributed by atoms with Crippen LogP contribution in [0.15, 0.2) is 0 Å². The molecule has 0 aliphatic carbocycles. The highest BCUT2D eigenvalue weighted by molar-refractivity contribution is 7.99. The lowest BCUT2D eigenvalue weighted by atomic mass is 9.95. The summed E-state index contributed by atoms with van der Waals surface area (Å²) in [7, 11) is 3.83. The molecule has 1 N–H and O–H groups in total. The molecule has 1 aliphatic heterocycles. The number of likely N-dealkylation sites (N-methyl/N-ethyl adjacent to an activating group) is 1. The lowest BCUT2D eigenvalue weighted by Crippen LogP contribution is -2.48. The molecule has 1 atom stereocenters. The van der Waals surface area contributed by atoms with Gasteiger partial charge in [0.15, 0.2) is 0 Å². The highest BCUT2D eigenvalue weighted by Crippen LogP contribution is 2.22. The number of hydrogen-bond donors (Lipinski definition) is 1. The topological polar surface area (TPSA) is 24.5 Å². The zero-order valence-electron chi connectivity index (χ0n) is 12.7. The van der Waals surface area contributed by atoms with Crippen molar-refractivity contribution in [1.29, 1.82) is 0 Å². The van der Waals surface area contributed by atoms with Gasteiger partial charge in [-0.3, -0.25) is 0 Å². The van der Waals surface area contributed by atoms with E-state index in [1.165, 1.54) is 32.5 Å². The van der Waals surface area contributed by atoms with E-state index >= 15 is 0 Å². The number of likely N-dealkylation sites (tertiary alicyclic amines) is 1. The van der Waals surface area contributed by atoms with Gasteiger partial charge in [0, 0.05) is 18.4 Å². The average molecular weight is 274 g/mol. The first kappa shape index (κ1) is 16.3. The van der Waals surface area contributed by atoms with Crippen LogP contribution >= 0.6 is 11.8 Å². The van der Waals surface area contributed by atoms with Crippen LogP contribution in [0, 0.1) is 0 Å². The van der Waals surface area contributed by atoms with Crippen LogP contribution in [0.5, 0.6) is 0 Å². The number of nitrogens with one attached hydrogen (secondary N) is 1. The van der Waals surface area contributed by atoms with Crippen molar-refractivity contribution in [2.45, 2.75) is 50.0 Å². The monoisotopic (exact) mass is 274 g/mol. The Hall–Kier alpha value is 0.230. The van der Waals surface area contributed by atoms with Crippen LogP contribution in [-0.4, -0.2) is 61.8 Å². The highest BCUT2D eigenvalue weighted by atomic mass is 32.2. The van der Waals surface area contributed by atoms with Gasteiger partial charge in [-0.05, 0) is 66.0 Å². The van der Waals surface area contributed by atoms with Crippen molar-refractivity contribution in [3.63, 3.8) is 0 Å². The minimum absolute atomic E-state index is 0.0909. The van der Waals surface area contributed by atoms with Gasteiger partial charge in [-0.15, -0.1) is 0 Å². The molecule has 18 heavy (non-hydrogen) atoms. The summed E-state index contributed by atoms with van der Waals surface area (Å²) >= 11 is 2.03. The number of hydrogen-bond acceptors (Lipinski definition) is 4. The lowest BCUT2D eigenvalue weighted by Gasteiger charge is -2.36. The molecular formula is C14H30N2OS. The fourth-order valence-electron chi connectivity index (χ4n) is 2.66. The smallest absolute Gasteiger partial charge is 0.0775 e. The maximum atomic E-state index is 5.58. The molecule has 1 aliphatic rings. The molecule has 0 saturated carbocycles. The SMILES string of the molecule is CNC(CCN1CCC(SC)CC1)C(C)(C)OC. The third kappa shape index (κ3) is 4.72. The van der Waals surface area contributed by atoms with E-state index in [9.17, 15) is 0 Å². The van der Waals surface area contributed by atoms with Gasteiger partial charge in [-0.1, -0.05) is 0 Å². The Labute approximate surface area is 117 Å². The van der Waals surface area contributed by atoms with Crippen LogP contribution in [0.3, 0.4) is 0 Å². The minimum Gasteiger partial charge on any atom is -0.377 e. The van der Waals surface area contributed by atoms with Crippen molar-refractivity contribution in [2.24, 2.45) is 0 Å². The van der Waals surface area contributed by atoms with Gasteiger partial charge in [0.1, 0.15) is 0 Å². The van der Waals surface area contributed by atoms with E-state index < -0.39 is 0 Å². The fourth-order valence-corrected chi connectivity index (χ4v) is 3.34. The Morgan fingerprint density at radius 2 is 2.00 bits per heavy atom. The van der Waals surface area contributed by atoms with Crippen LogP contribution in [-0.2, 0) is 4.74 Å². The van der Waals surface area contributed by atoms with Crippen LogP contribution in [0.25, 0.3) is 0 Å². The van der Waals surface area contributed by atoms with E-state index in [-0.39, 0.29) is 5.60 Å². The molecule has 4 heteroatoms. The number of methoxy groups -OCH3 is 1. The van der Waals surface area contributed by atoms with Gasteiger partial charge in [-0.2, -0.15) is 11.8 Å². The molecule has 0 radical (unpaired) electrons. The van der Waals surface area contributed by atoms with E-state index in [0.29, 0.717) is 6.04 Å². The first-order valence-corrected chi connectivity index (χ1v) is 8.30.